The molecule has 2 rings (SSSR count). The van der Waals surface area contributed by atoms with E-state index in [1.165, 1.54) is 13.2 Å². The second kappa shape index (κ2) is 3.34. The molecule has 0 radical (unpaired) electrons. The highest BCUT2D eigenvalue weighted by Crippen LogP contribution is 2.21. The van der Waals surface area contributed by atoms with Crippen molar-refractivity contribution in [3.8, 4) is 5.75 Å². The molecule has 3 heteroatoms. The Balaban J connectivity index is 2.13. The van der Waals surface area contributed by atoms with Gasteiger partial charge in [0.15, 0.2) is 11.6 Å². The van der Waals surface area contributed by atoms with E-state index in [1.807, 2.05) is 6.07 Å². The van der Waals surface area contributed by atoms with Crippen LogP contribution < -0.4 is 4.74 Å². The van der Waals surface area contributed by atoms with E-state index >= 15 is 0 Å². The molecule has 1 aromatic rings. The van der Waals surface area contributed by atoms with Crippen LogP contribution in [0.25, 0.3) is 0 Å². The van der Waals surface area contributed by atoms with Crippen LogP contribution in [0.1, 0.15) is 5.56 Å². The number of rotatable bonds is 3. The van der Waals surface area contributed by atoms with Gasteiger partial charge in [-0.05, 0) is 17.7 Å². The van der Waals surface area contributed by atoms with Gasteiger partial charge in [0.2, 0.25) is 0 Å². The lowest BCUT2D eigenvalue weighted by Gasteiger charge is -2.03. The van der Waals surface area contributed by atoms with E-state index in [9.17, 15) is 4.39 Å². The van der Waals surface area contributed by atoms with Crippen LogP contribution in [0.2, 0.25) is 0 Å². The number of epoxide rings is 1. The lowest BCUT2D eigenvalue weighted by atomic mass is 10.1. The maximum Gasteiger partial charge on any atom is 0.165 e. The molecule has 0 aromatic heterocycles. The summed E-state index contributed by atoms with van der Waals surface area (Å²) < 4.78 is 23.0. The first kappa shape index (κ1) is 8.51. The summed E-state index contributed by atoms with van der Waals surface area (Å²) in [5.74, 6) is -0.0129. The van der Waals surface area contributed by atoms with Gasteiger partial charge in [-0.1, -0.05) is 6.07 Å². The van der Waals surface area contributed by atoms with Crippen molar-refractivity contribution >= 4 is 0 Å². The standard InChI is InChI=1S/C10H11FO2/c1-12-10-3-2-7(5-9(10)11)4-8-6-13-8/h2-3,5,8H,4,6H2,1H3. The Kier molecular flexibility index (Phi) is 2.19. The molecule has 1 aromatic carbocycles. The van der Waals surface area contributed by atoms with Crippen molar-refractivity contribution in [2.24, 2.45) is 0 Å². The summed E-state index contributed by atoms with van der Waals surface area (Å²) in [6.45, 7) is 0.799. The van der Waals surface area contributed by atoms with Crippen LogP contribution >= 0.6 is 0 Å². The van der Waals surface area contributed by atoms with Crippen LogP contribution in [0.3, 0.4) is 0 Å². The minimum absolute atomic E-state index is 0.292. The molecular formula is C10H11FO2. The number of hydrogen-bond acceptors (Lipinski definition) is 2. The largest absolute Gasteiger partial charge is 0.494 e. The molecule has 2 nitrogen and oxygen atoms in total. The van der Waals surface area contributed by atoms with E-state index < -0.39 is 0 Å². The monoisotopic (exact) mass is 182 g/mol. The van der Waals surface area contributed by atoms with Crippen LogP contribution in [-0.2, 0) is 11.2 Å². The molecule has 0 aliphatic carbocycles. The van der Waals surface area contributed by atoms with Gasteiger partial charge in [0.05, 0.1) is 19.8 Å². The fourth-order valence-corrected chi connectivity index (χ4v) is 1.29. The van der Waals surface area contributed by atoms with Crippen LogP contribution in [0.4, 0.5) is 4.39 Å². The van der Waals surface area contributed by atoms with Crippen molar-refractivity contribution in [3.05, 3.63) is 29.6 Å². The summed E-state index contributed by atoms with van der Waals surface area (Å²) in [7, 11) is 1.46. The SMILES string of the molecule is COc1ccc(CC2CO2)cc1F. The summed E-state index contributed by atoms with van der Waals surface area (Å²) >= 11 is 0. The quantitative estimate of drug-likeness (QED) is 0.664. The highest BCUT2D eigenvalue weighted by atomic mass is 19.1. The average molecular weight is 182 g/mol. The molecule has 13 heavy (non-hydrogen) atoms. The topological polar surface area (TPSA) is 21.8 Å². The smallest absolute Gasteiger partial charge is 0.165 e. The summed E-state index contributed by atoms with van der Waals surface area (Å²) in [4.78, 5) is 0. The fraction of sp³-hybridized carbons (Fsp3) is 0.400. The molecule has 1 atom stereocenters. The Morgan fingerprint density at radius 2 is 2.38 bits per heavy atom. The number of ether oxygens (including phenoxy) is 2. The van der Waals surface area contributed by atoms with Crippen molar-refractivity contribution in [2.45, 2.75) is 12.5 Å². The minimum Gasteiger partial charge on any atom is -0.494 e. The first-order valence-electron chi connectivity index (χ1n) is 4.23. The normalized spacial score (nSPS) is 20.0. The highest BCUT2D eigenvalue weighted by molar-refractivity contribution is 5.29. The maximum atomic E-state index is 13.2. The summed E-state index contributed by atoms with van der Waals surface area (Å²) in [5, 5.41) is 0. The first-order chi connectivity index (χ1) is 6.29. The average Bonchev–Trinajstić information content (AvgIpc) is 2.89. The molecule has 1 fully saturated rings. The molecule has 0 spiro atoms. The van der Waals surface area contributed by atoms with Crippen LogP contribution in [0.5, 0.6) is 5.75 Å². The third-order valence-electron chi connectivity index (χ3n) is 2.08. The van der Waals surface area contributed by atoms with Crippen molar-refractivity contribution in [1.82, 2.24) is 0 Å². The predicted molar refractivity (Wildman–Crippen MR) is 46.4 cm³/mol. The number of halogens is 1. The van der Waals surface area contributed by atoms with Gasteiger partial charge in [-0.25, -0.2) is 4.39 Å². The summed E-state index contributed by atoms with van der Waals surface area (Å²) in [6, 6.07) is 5.01. The van der Waals surface area contributed by atoms with Gasteiger partial charge < -0.3 is 9.47 Å². The molecule has 0 N–H and O–H groups in total. The Labute approximate surface area is 76.3 Å². The van der Waals surface area contributed by atoms with Crippen molar-refractivity contribution < 1.29 is 13.9 Å². The molecule has 0 bridgehead atoms. The Morgan fingerprint density at radius 1 is 1.62 bits per heavy atom. The number of methoxy groups -OCH3 is 1. The van der Waals surface area contributed by atoms with E-state index in [0.717, 1.165) is 18.6 Å². The first-order valence-corrected chi connectivity index (χ1v) is 4.23. The van der Waals surface area contributed by atoms with E-state index in [0.29, 0.717) is 11.9 Å². The van der Waals surface area contributed by atoms with E-state index in [2.05, 4.69) is 0 Å². The van der Waals surface area contributed by atoms with Crippen molar-refractivity contribution in [1.29, 1.82) is 0 Å². The van der Waals surface area contributed by atoms with E-state index in [4.69, 9.17) is 9.47 Å². The zero-order chi connectivity index (χ0) is 9.26. The van der Waals surface area contributed by atoms with Gasteiger partial charge in [0.25, 0.3) is 0 Å². The van der Waals surface area contributed by atoms with Crippen LogP contribution in [-0.4, -0.2) is 19.8 Å². The zero-order valence-electron chi connectivity index (χ0n) is 7.42. The van der Waals surface area contributed by atoms with Gasteiger partial charge in [0.1, 0.15) is 0 Å². The summed E-state index contributed by atoms with van der Waals surface area (Å²) in [6.07, 6.45) is 1.09. The molecular weight excluding hydrogens is 171 g/mol. The second-order valence-electron chi connectivity index (χ2n) is 3.13. The Bertz CT molecular complexity index is 308. The van der Waals surface area contributed by atoms with Crippen LogP contribution in [0.15, 0.2) is 18.2 Å². The summed E-state index contributed by atoms with van der Waals surface area (Å²) in [5.41, 5.74) is 0.959. The van der Waals surface area contributed by atoms with Crippen LogP contribution in [0, 0.1) is 5.82 Å². The number of benzene rings is 1. The predicted octanol–water partition coefficient (Wildman–Crippen LogP) is 1.78. The molecule has 0 saturated carbocycles. The van der Waals surface area contributed by atoms with Gasteiger partial charge in [-0.3, -0.25) is 0 Å². The molecule has 1 heterocycles. The molecule has 1 unspecified atom stereocenters. The molecule has 70 valence electrons. The highest BCUT2D eigenvalue weighted by Gasteiger charge is 2.22. The van der Waals surface area contributed by atoms with Gasteiger partial charge in [-0.15, -0.1) is 0 Å². The van der Waals surface area contributed by atoms with Gasteiger partial charge in [-0.2, -0.15) is 0 Å². The lowest BCUT2D eigenvalue weighted by Crippen LogP contribution is -1.95. The zero-order valence-corrected chi connectivity index (χ0v) is 7.42. The fourth-order valence-electron chi connectivity index (χ4n) is 1.29. The number of hydrogen-bond donors (Lipinski definition) is 0. The third-order valence-corrected chi connectivity index (χ3v) is 2.08. The third kappa shape index (κ3) is 1.98. The Morgan fingerprint density at radius 3 is 2.92 bits per heavy atom. The lowest BCUT2D eigenvalue weighted by molar-refractivity contribution is 0.385. The van der Waals surface area contributed by atoms with Gasteiger partial charge >= 0.3 is 0 Å². The molecule has 1 aliphatic rings. The van der Waals surface area contributed by atoms with Crippen molar-refractivity contribution in [2.75, 3.05) is 13.7 Å². The van der Waals surface area contributed by atoms with E-state index in [1.54, 1.807) is 6.07 Å². The molecule has 0 amide bonds. The second-order valence-corrected chi connectivity index (χ2v) is 3.13. The Hall–Kier alpha value is -1.09. The minimum atomic E-state index is -0.305. The molecule has 1 aliphatic heterocycles. The maximum absolute atomic E-state index is 13.2. The van der Waals surface area contributed by atoms with Gasteiger partial charge in [0, 0.05) is 6.42 Å². The van der Waals surface area contributed by atoms with E-state index in [-0.39, 0.29) is 5.82 Å². The molecule has 1 saturated heterocycles. The van der Waals surface area contributed by atoms with Crippen molar-refractivity contribution in [3.63, 3.8) is 0 Å².